The number of hydrogen-bond donors (Lipinski definition) is 1. The summed E-state index contributed by atoms with van der Waals surface area (Å²) < 4.78 is 0. The van der Waals surface area contributed by atoms with Gasteiger partial charge in [0.1, 0.15) is 0 Å². The summed E-state index contributed by atoms with van der Waals surface area (Å²) in [6.45, 7) is 2.09. The van der Waals surface area contributed by atoms with Crippen LogP contribution < -0.4 is 5.32 Å². The van der Waals surface area contributed by atoms with Crippen molar-refractivity contribution in [1.29, 1.82) is 0 Å². The van der Waals surface area contributed by atoms with Crippen molar-refractivity contribution in [3.63, 3.8) is 0 Å². The molecule has 1 atom stereocenters. The summed E-state index contributed by atoms with van der Waals surface area (Å²) in [7, 11) is 1.70. The van der Waals surface area contributed by atoms with Crippen LogP contribution in [0.1, 0.15) is 26.2 Å². The Bertz CT molecular complexity index is 184. The lowest BCUT2D eigenvalue weighted by molar-refractivity contribution is -0.124. The van der Waals surface area contributed by atoms with Gasteiger partial charge in [-0.2, -0.15) is 0 Å². The maximum absolute atomic E-state index is 11.2. The Labute approximate surface area is 67.7 Å². The van der Waals surface area contributed by atoms with Gasteiger partial charge in [-0.1, -0.05) is 11.6 Å². The molecule has 0 aromatic heterocycles. The molecule has 2 nitrogen and oxygen atoms in total. The van der Waals surface area contributed by atoms with Crippen LogP contribution in [0.5, 0.6) is 0 Å². The molecule has 1 unspecified atom stereocenters. The van der Waals surface area contributed by atoms with Gasteiger partial charge in [0.05, 0.1) is 0 Å². The highest BCUT2D eigenvalue weighted by Crippen LogP contribution is 2.23. The van der Waals surface area contributed by atoms with Gasteiger partial charge >= 0.3 is 0 Å². The fraction of sp³-hybridized carbons (Fsp3) is 0.667. The molecular weight excluding hydrogens is 138 g/mol. The first-order valence-electron chi connectivity index (χ1n) is 4.11. The molecule has 0 aromatic carbocycles. The van der Waals surface area contributed by atoms with E-state index in [1.54, 1.807) is 7.05 Å². The van der Waals surface area contributed by atoms with E-state index >= 15 is 0 Å². The van der Waals surface area contributed by atoms with Crippen LogP contribution in [0, 0.1) is 5.92 Å². The Morgan fingerprint density at radius 1 is 1.73 bits per heavy atom. The molecule has 11 heavy (non-hydrogen) atoms. The summed E-state index contributed by atoms with van der Waals surface area (Å²) in [6.07, 6.45) is 5.24. The van der Waals surface area contributed by atoms with Gasteiger partial charge in [-0.3, -0.25) is 4.79 Å². The molecule has 1 rings (SSSR count). The Kier molecular flexibility index (Phi) is 2.69. The number of hydrogen-bond acceptors (Lipinski definition) is 1. The van der Waals surface area contributed by atoms with Crippen molar-refractivity contribution in [2.45, 2.75) is 26.2 Å². The SMILES string of the molecule is CNC(=O)C1CCC=C(C)C1. The highest BCUT2D eigenvalue weighted by atomic mass is 16.1. The van der Waals surface area contributed by atoms with Crippen LogP contribution >= 0.6 is 0 Å². The van der Waals surface area contributed by atoms with E-state index in [0.29, 0.717) is 0 Å². The number of amides is 1. The Morgan fingerprint density at radius 2 is 2.45 bits per heavy atom. The van der Waals surface area contributed by atoms with E-state index < -0.39 is 0 Å². The smallest absolute Gasteiger partial charge is 0.223 e. The monoisotopic (exact) mass is 153 g/mol. The van der Waals surface area contributed by atoms with E-state index in [0.717, 1.165) is 19.3 Å². The van der Waals surface area contributed by atoms with Crippen molar-refractivity contribution in [1.82, 2.24) is 5.32 Å². The first kappa shape index (κ1) is 8.31. The van der Waals surface area contributed by atoms with Crippen molar-refractivity contribution in [3.8, 4) is 0 Å². The number of carbonyl (C=O) groups excluding carboxylic acids is 1. The molecule has 0 heterocycles. The number of carbonyl (C=O) groups is 1. The second-order valence-electron chi connectivity index (χ2n) is 3.14. The maximum Gasteiger partial charge on any atom is 0.223 e. The first-order chi connectivity index (χ1) is 5.24. The topological polar surface area (TPSA) is 29.1 Å². The second-order valence-corrected chi connectivity index (χ2v) is 3.14. The predicted octanol–water partition coefficient (Wildman–Crippen LogP) is 1.48. The van der Waals surface area contributed by atoms with Gasteiger partial charge in [-0.25, -0.2) is 0 Å². The molecule has 0 fully saturated rings. The molecule has 0 saturated carbocycles. The molecule has 0 aromatic rings. The number of rotatable bonds is 1. The normalized spacial score (nSPS) is 24.2. The minimum atomic E-state index is 0.192. The number of allylic oxidation sites excluding steroid dienone is 2. The van der Waals surface area contributed by atoms with E-state index in [1.807, 2.05) is 0 Å². The van der Waals surface area contributed by atoms with Crippen LogP contribution in [0.2, 0.25) is 0 Å². The van der Waals surface area contributed by atoms with E-state index in [4.69, 9.17) is 0 Å². The molecule has 0 aliphatic heterocycles. The van der Waals surface area contributed by atoms with Crippen LogP contribution in [0.25, 0.3) is 0 Å². The third-order valence-corrected chi connectivity index (χ3v) is 2.19. The summed E-state index contributed by atoms with van der Waals surface area (Å²) in [5, 5.41) is 2.69. The van der Waals surface area contributed by atoms with Crippen molar-refractivity contribution < 1.29 is 4.79 Å². The van der Waals surface area contributed by atoms with Crippen LogP contribution in [0.4, 0.5) is 0 Å². The van der Waals surface area contributed by atoms with E-state index in [2.05, 4.69) is 18.3 Å². The van der Waals surface area contributed by atoms with Crippen molar-refractivity contribution in [3.05, 3.63) is 11.6 Å². The molecule has 1 N–H and O–H groups in total. The first-order valence-corrected chi connectivity index (χ1v) is 4.11. The molecule has 1 aliphatic rings. The van der Waals surface area contributed by atoms with Crippen LogP contribution in [0.15, 0.2) is 11.6 Å². The van der Waals surface area contributed by atoms with Gasteiger partial charge < -0.3 is 5.32 Å². The predicted molar refractivity (Wildman–Crippen MR) is 45.2 cm³/mol. The zero-order valence-electron chi connectivity index (χ0n) is 7.18. The summed E-state index contributed by atoms with van der Waals surface area (Å²) >= 11 is 0. The lowest BCUT2D eigenvalue weighted by Gasteiger charge is -2.18. The van der Waals surface area contributed by atoms with Gasteiger partial charge in [-0.15, -0.1) is 0 Å². The van der Waals surface area contributed by atoms with Gasteiger partial charge in [0.15, 0.2) is 0 Å². The standard InChI is InChI=1S/C9H15NO/c1-7-4-3-5-8(6-7)9(11)10-2/h4,8H,3,5-6H2,1-2H3,(H,10,11). The van der Waals surface area contributed by atoms with Gasteiger partial charge in [0, 0.05) is 13.0 Å². The quantitative estimate of drug-likeness (QED) is 0.568. The average Bonchev–Trinajstić information content (AvgIpc) is 2.03. The van der Waals surface area contributed by atoms with Crippen molar-refractivity contribution >= 4 is 5.91 Å². The summed E-state index contributed by atoms with van der Waals surface area (Å²) in [5.41, 5.74) is 1.35. The Morgan fingerprint density at radius 3 is 3.00 bits per heavy atom. The van der Waals surface area contributed by atoms with Crippen LogP contribution in [-0.2, 0) is 4.79 Å². The average molecular weight is 153 g/mol. The van der Waals surface area contributed by atoms with E-state index in [1.165, 1.54) is 5.57 Å². The lowest BCUT2D eigenvalue weighted by Crippen LogP contribution is -2.28. The van der Waals surface area contributed by atoms with Crippen molar-refractivity contribution in [2.75, 3.05) is 7.05 Å². The number of nitrogens with one attached hydrogen (secondary N) is 1. The largest absolute Gasteiger partial charge is 0.359 e. The summed E-state index contributed by atoms with van der Waals surface area (Å²) in [4.78, 5) is 11.2. The zero-order chi connectivity index (χ0) is 8.27. The molecule has 0 bridgehead atoms. The molecule has 62 valence electrons. The van der Waals surface area contributed by atoms with Crippen LogP contribution in [0.3, 0.4) is 0 Å². The van der Waals surface area contributed by atoms with Crippen molar-refractivity contribution in [2.24, 2.45) is 5.92 Å². The third-order valence-electron chi connectivity index (χ3n) is 2.19. The minimum Gasteiger partial charge on any atom is -0.359 e. The molecular formula is C9H15NO. The highest BCUT2D eigenvalue weighted by Gasteiger charge is 2.19. The fourth-order valence-electron chi connectivity index (χ4n) is 1.53. The van der Waals surface area contributed by atoms with Gasteiger partial charge in [0.25, 0.3) is 0 Å². The van der Waals surface area contributed by atoms with E-state index in [-0.39, 0.29) is 11.8 Å². The van der Waals surface area contributed by atoms with E-state index in [9.17, 15) is 4.79 Å². The highest BCUT2D eigenvalue weighted by molar-refractivity contribution is 5.78. The minimum absolute atomic E-state index is 0.192. The lowest BCUT2D eigenvalue weighted by atomic mass is 9.89. The van der Waals surface area contributed by atoms with Gasteiger partial charge in [0.2, 0.25) is 5.91 Å². The molecule has 0 saturated heterocycles. The summed E-state index contributed by atoms with van der Waals surface area (Å²) in [6, 6.07) is 0. The molecule has 2 heteroatoms. The fourth-order valence-corrected chi connectivity index (χ4v) is 1.53. The Hall–Kier alpha value is -0.790. The maximum atomic E-state index is 11.2. The second kappa shape index (κ2) is 3.56. The van der Waals surface area contributed by atoms with Gasteiger partial charge in [-0.05, 0) is 26.2 Å². The van der Waals surface area contributed by atoms with Crippen LogP contribution in [-0.4, -0.2) is 13.0 Å². The third kappa shape index (κ3) is 2.07. The molecule has 1 aliphatic carbocycles. The molecule has 0 radical (unpaired) electrons. The zero-order valence-corrected chi connectivity index (χ0v) is 7.18. The Balaban J connectivity index is 2.50. The molecule has 1 amide bonds. The molecule has 0 spiro atoms. The summed E-state index contributed by atoms with van der Waals surface area (Å²) in [5.74, 6) is 0.419.